The van der Waals surface area contributed by atoms with E-state index >= 15 is 0 Å². The smallest absolute Gasteiger partial charge is 0.266 e. The Labute approximate surface area is 181 Å². The van der Waals surface area contributed by atoms with E-state index in [4.69, 9.17) is 16.1 Å². The van der Waals surface area contributed by atoms with Crippen LogP contribution in [0.1, 0.15) is 12.0 Å². The minimum absolute atomic E-state index is 0.0907. The number of aryl methyl sites for hydroxylation is 1. The number of carbonyl (C=O) groups excluding carboxylic acids is 1. The van der Waals surface area contributed by atoms with Crippen molar-refractivity contribution in [1.82, 2.24) is 20.0 Å². The van der Waals surface area contributed by atoms with Gasteiger partial charge in [-0.25, -0.2) is 9.37 Å². The van der Waals surface area contributed by atoms with Gasteiger partial charge in [-0.3, -0.25) is 14.2 Å². The van der Waals surface area contributed by atoms with E-state index in [2.05, 4.69) is 15.5 Å². The molecule has 0 radical (unpaired) electrons. The third-order valence-electron chi connectivity index (χ3n) is 4.81. The number of hydrogen-bond acceptors (Lipinski definition) is 5. The van der Waals surface area contributed by atoms with Crippen LogP contribution in [0.4, 0.5) is 4.39 Å². The van der Waals surface area contributed by atoms with Crippen LogP contribution in [0, 0.1) is 5.82 Å². The lowest BCUT2D eigenvalue weighted by Gasteiger charge is -2.07. The summed E-state index contributed by atoms with van der Waals surface area (Å²) in [4.78, 5) is 29.2. The minimum Gasteiger partial charge on any atom is -0.356 e. The van der Waals surface area contributed by atoms with Gasteiger partial charge < -0.3 is 9.84 Å². The van der Waals surface area contributed by atoms with E-state index in [1.807, 2.05) is 12.1 Å². The normalized spacial score (nSPS) is 11.0. The van der Waals surface area contributed by atoms with Crippen LogP contribution in [-0.2, 0) is 17.8 Å². The molecule has 0 aliphatic heterocycles. The fourth-order valence-electron chi connectivity index (χ4n) is 3.15. The zero-order valence-electron chi connectivity index (χ0n) is 16.3. The maximum Gasteiger partial charge on any atom is 0.266 e. The maximum atomic E-state index is 13.2. The molecule has 0 spiro atoms. The molecular formula is C22H18ClFN4O3. The van der Waals surface area contributed by atoms with Gasteiger partial charge in [0.15, 0.2) is 0 Å². The standard InChI is InChI=1S/C22H18ClFN4O3/c23-16-5-1-14(2-6-16)9-11-25-18(29)10-12-28-13-26-21-19(22(28)30)20(27-31-21)15-3-7-17(24)8-4-15/h1-8,13H,9-12H2,(H,25,29). The highest BCUT2D eigenvalue weighted by atomic mass is 35.5. The summed E-state index contributed by atoms with van der Waals surface area (Å²) in [6.07, 6.45) is 2.12. The van der Waals surface area contributed by atoms with Crippen LogP contribution in [0.2, 0.25) is 5.02 Å². The molecule has 0 saturated heterocycles. The largest absolute Gasteiger partial charge is 0.356 e. The third-order valence-corrected chi connectivity index (χ3v) is 5.06. The van der Waals surface area contributed by atoms with Gasteiger partial charge in [0.1, 0.15) is 23.2 Å². The van der Waals surface area contributed by atoms with Crippen molar-refractivity contribution in [2.75, 3.05) is 6.54 Å². The number of nitrogens with one attached hydrogen (secondary N) is 1. The van der Waals surface area contributed by atoms with Crippen molar-refractivity contribution in [3.05, 3.63) is 81.6 Å². The second kappa shape index (κ2) is 9.09. The molecule has 1 amide bonds. The number of nitrogens with zero attached hydrogens (tertiary/aromatic N) is 3. The summed E-state index contributed by atoms with van der Waals surface area (Å²) in [5, 5.41) is 7.60. The molecule has 2 aromatic heterocycles. The Bertz CT molecular complexity index is 1270. The highest BCUT2D eigenvalue weighted by Gasteiger charge is 2.17. The molecule has 0 aliphatic carbocycles. The van der Waals surface area contributed by atoms with Gasteiger partial charge in [-0.2, -0.15) is 0 Å². The number of hydrogen-bond donors (Lipinski definition) is 1. The van der Waals surface area contributed by atoms with Gasteiger partial charge in [0.2, 0.25) is 5.91 Å². The molecule has 0 bridgehead atoms. The van der Waals surface area contributed by atoms with Crippen molar-refractivity contribution in [2.45, 2.75) is 19.4 Å². The zero-order valence-corrected chi connectivity index (χ0v) is 17.1. The van der Waals surface area contributed by atoms with E-state index in [0.29, 0.717) is 23.6 Å². The average molecular weight is 441 g/mol. The first-order chi connectivity index (χ1) is 15.0. The maximum absolute atomic E-state index is 13.2. The lowest BCUT2D eigenvalue weighted by Crippen LogP contribution is -2.29. The van der Waals surface area contributed by atoms with Crippen LogP contribution in [0.15, 0.2) is 64.2 Å². The van der Waals surface area contributed by atoms with Crippen molar-refractivity contribution in [1.29, 1.82) is 0 Å². The molecule has 0 aliphatic rings. The van der Waals surface area contributed by atoms with Crippen molar-refractivity contribution in [3.8, 4) is 11.3 Å². The predicted molar refractivity (Wildman–Crippen MR) is 114 cm³/mol. The Morgan fingerprint density at radius 3 is 2.61 bits per heavy atom. The Kier molecular flexibility index (Phi) is 6.08. The summed E-state index contributed by atoms with van der Waals surface area (Å²) >= 11 is 5.86. The van der Waals surface area contributed by atoms with E-state index < -0.39 is 5.82 Å². The van der Waals surface area contributed by atoms with Gasteiger partial charge in [-0.05, 0) is 48.4 Å². The summed E-state index contributed by atoms with van der Waals surface area (Å²) in [6.45, 7) is 0.635. The molecule has 2 aromatic carbocycles. The second-order valence-electron chi connectivity index (χ2n) is 6.94. The molecule has 2 heterocycles. The molecule has 1 N–H and O–H groups in total. The average Bonchev–Trinajstić information content (AvgIpc) is 3.20. The first-order valence-electron chi connectivity index (χ1n) is 9.63. The summed E-state index contributed by atoms with van der Waals surface area (Å²) in [5.74, 6) is -0.570. The van der Waals surface area contributed by atoms with Crippen LogP contribution in [-0.4, -0.2) is 27.2 Å². The lowest BCUT2D eigenvalue weighted by molar-refractivity contribution is -0.121. The van der Waals surface area contributed by atoms with E-state index in [0.717, 1.165) is 5.56 Å². The highest BCUT2D eigenvalue weighted by Crippen LogP contribution is 2.24. The Balaban J connectivity index is 1.41. The van der Waals surface area contributed by atoms with Crippen molar-refractivity contribution in [2.24, 2.45) is 0 Å². The van der Waals surface area contributed by atoms with Gasteiger partial charge in [0, 0.05) is 30.1 Å². The van der Waals surface area contributed by atoms with E-state index in [1.54, 1.807) is 12.1 Å². The molecule has 0 unspecified atom stereocenters. The van der Waals surface area contributed by atoms with Gasteiger partial charge >= 0.3 is 0 Å². The van der Waals surface area contributed by atoms with E-state index in [-0.39, 0.29) is 41.2 Å². The quantitative estimate of drug-likeness (QED) is 0.474. The molecule has 0 fully saturated rings. The monoisotopic (exact) mass is 440 g/mol. The third kappa shape index (κ3) is 4.80. The van der Waals surface area contributed by atoms with Crippen molar-refractivity contribution < 1.29 is 13.7 Å². The Morgan fingerprint density at radius 2 is 1.87 bits per heavy atom. The van der Waals surface area contributed by atoms with Crippen molar-refractivity contribution in [3.63, 3.8) is 0 Å². The van der Waals surface area contributed by atoms with Gasteiger partial charge in [0.05, 0.1) is 0 Å². The van der Waals surface area contributed by atoms with E-state index in [9.17, 15) is 14.0 Å². The number of rotatable bonds is 7. The first-order valence-corrected chi connectivity index (χ1v) is 10.0. The van der Waals surface area contributed by atoms with Gasteiger partial charge in [-0.15, -0.1) is 0 Å². The SMILES string of the molecule is O=C(CCn1cnc2onc(-c3ccc(F)cc3)c2c1=O)NCCc1ccc(Cl)cc1. The summed E-state index contributed by atoms with van der Waals surface area (Å²) in [5.41, 5.74) is 1.61. The predicted octanol–water partition coefficient (Wildman–Crippen LogP) is 3.59. The number of aromatic nitrogens is 3. The van der Waals surface area contributed by atoms with Crippen LogP contribution < -0.4 is 10.9 Å². The molecule has 7 nitrogen and oxygen atoms in total. The number of halogens is 2. The summed E-state index contributed by atoms with van der Waals surface area (Å²) in [6, 6.07) is 13.0. The number of benzene rings is 2. The Morgan fingerprint density at radius 1 is 1.13 bits per heavy atom. The topological polar surface area (TPSA) is 90.0 Å². The van der Waals surface area contributed by atoms with Gasteiger partial charge in [-0.1, -0.05) is 28.9 Å². The number of carbonyl (C=O) groups is 1. The van der Waals surface area contributed by atoms with Crippen LogP contribution >= 0.6 is 11.6 Å². The molecule has 158 valence electrons. The molecule has 9 heteroatoms. The molecule has 4 aromatic rings. The number of fused-ring (bicyclic) bond motifs is 1. The number of amides is 1. The second-order valence-corrected chi connectivity index (χ2v) is 7.37. The highest BCUT2D eigenvalue weighted by molar-refractivity contribution is 6.30. The van der Waals surface area contributed by atoms with Crippen LogP contribution in [0.25, 0.3) is 22.4 Å². The fourth-order valence-corrected chi connectivity index (χ4v) is 3.28. The summed E-state index contributed by atoms with van der Waals surface area (Å²) in [7, 11) is 0. The minimum atomic E-state index is -0.394. The molecular weight excluding hydrogens is 423 g/mol. The van der Waals surface area contributed by atoms with Crippen molar-refractivity contribution >= 4 is 28.6 Å². The van der Waals surface area contributed by atoms with Crippen LogP contribution in [0.5, 0.6) is 0 Å². The van der Waals surface area contributed by atoms with Gasteiger partial charge in [0.25, 0.3) is 11.3 Å². The fraction of sp³-hybridized carbons (Fsp3) is 0.182. The lowest BCUT2D eigenvalue weighted by atomic mass is 10.1. The Hall–Kier alpha value is -3.52. The van der Waals surface area contributed by atoms with Crippen LogP contribution in [0.3, 0.4) is 0 Å². The zero-order chi connectivity index (χ0) is 21.8. The molecule has 0 atom stereocenters. The van der Waals surface area contributed by atoms with E-state index in [1.165, 1.54) is 35.2 Å². The molecule has 0 saturated carbocycles. The first kappa shape index (κ1) is 20.7. The molecule has 4 rings (SSSR count). The molecule has 31 heavy (non-hydrogen) atoms. The summed E-state index contributed by atoms with van der Waals surface area (Å²) < 4.78 is 19.7.